The highest BCUT2D eigenvalue weighted by Crippen LogP contribution is 2.40. The Morgan fingerprint density at radius 2 is 1.25 bits per heavy atom. The molecule has 1 aromatic heterocycles. The zero-order valence-corrected chi connectivity index (χ0v) is 22.4. The smallest absolute Gasteiger partial charge is 0.239 e. The van der Waals surface area contributed by atoms with Crippen molar-refractivity contribution in [2.24, 2.45) is 0 Å². The van der Waals surface area contributed by atoms with E-state index in [0.717, 1.165) is 24.3 Å². The number of phenols is 3. The van der Waals surface area contributed by atoms with Crippen molar-refractivity contribution in [3.05, 3.63) is 40.6 Å². The first-order chi connectivity index (χ1) is 20.9. The van der Waals surface area contributed by atoms with Crippen molar-refractivity contribution in [1.82, 2.24) is 0 Å². The van der Waals surface area contributed by atoms with Crippen molar-refractivity contribution in [2.45, 2.75) is 61.4 Å². The number of aliphatic hydroxyl groups is 8. The maximum Gasteiger partial charge on any atom is 0.239 e. The van der Waals surface area contributed by atoms with Crippen molar-refractivity contribution in [3.8, 4) is 40.1 Å². The first-order valence-electron chi connectivity index (χ1n) is 13.2. The topological polar surface area (TPSA) is 290 Å². The molecule has 0 aliphatic carbocycles. The first kappa shape index (κ1) is 31.7. The number of rotatable bonds is 7. The van der Waals surface area contributed by atoms with Gasteiger partial charge in [0.2, 0.25) is 23.8 Å². The molecule has 0 radical (unpaired) electrons. The predicted octanol–water partition coefficient (Wildman–Crippen LogP) is -3.07. The van der Waals surface area contributed by atoms with Gasteiger partial charge in [-0.25, -0.2) is 0 Å². The molecule has 240 valence electrons. The third kappa shape index (κ3) is 5.61. The Balaban J connectivity index is 1.60. The van der Waals surface area contributed by atoms with Crippen LogP contribution in [0.3, 0.4) is 0 Å². The number of phenolic OH excluding ortho intramolecular Hbond substituents is 3. The normalized spacial score (nSPS) is 32.5. The molecule has 3 aromatic rings. The highest BCUT2D eigenvalue weighted by molar-refractivity contribution is 5.88. The lowest BCUT2D eigenvalue weighted by Crippen LogP contribution is -2.60. The van der Waals surface area contributed by atoms with Gasteiger partial charge in [-0.1, -0.05) is 0 Å². The Morgan fingerprint density at radius 3 is 1.82 bits per heavy atom. The van der Waals surface area contributed by atoms with Crippen LogP contribution in [-0.2, 0) is 9.47 Å². The summed E-state index contributed by atoms with van der Waals surface area (Å²) < 4.78 is 27.6. The van der Waals surface area contributed by atoms with E-state index < -0.39 is 120 Å². The van der Waals surface area contributed by atoms with Gasteiger partial charge in [-0.2, -0.15) is 0 Å². The summed E-state index contributed by atoms with van der Waals surface area (Å²) in [6.07, 6.45) is -17.2. The molecule has 17 heteroatoms. The van der Waals surface area contributed by atoms with Crippen LogP contribution in [-0.4, -0.2) is 131 Å². The minimum Gasteiger partial charge on any atom is -0.508 e. The van der Waals surface area contributed by atoms with Gasteiger partial charge in [0.1, 0.15) is 71.3 Å². The quantitative estimate of drug-likeness (QED) is 0.124. The standard InChI is InChI=1S/C27H30O17/c28-6-14-17(33)20(36)22(38)26(42-14)41-12-3-8(1-2-10(12)31)24-25(19(35)16-11(32)4-9(30)5-13(16)40-24)44-27-23(39)21(37)18(34)15(7-29)43-27/h1-5,14-15,17-18,20-23,26-34,36-39H,6-7H2/t14-,15-,17-,18-,20+,21+,22-,23-,26?,27+/m1/s1. The van der Waals surface area contributed by atoms with E-state index in [1.165, 1.54) is 6.07 Å². The van der Waals surface area contributed by atoms with Crippen LogP contribution >= 0.6 is 0 Å². The average Bonchev–Trinajstić information content (AvgIpc) is 2.99. The maximum absolute atomic E-state index is 13.6. The van der Waals surface area contributed by atoms with Crippen LogP contribution in [0.5, 0.6) is 28.7 Å². The van der Waals surface area contributed by atoms with Crippen LogP contribution < -0.4 is 14.9 Å². The van der Waals surface area contributed by atoms with E-state index in [4.69, 9.17) is 23.4 Å². The lowest BCUT2D eigenvalue weighted by molar-refractivity contribution is -0.277. The van der Waals surface area contributed by atoms with E-state index in [0.29, 0.717) is 0 Å². The van der Waals surface area contributed by atoms with Gasteiger partial charge in [0.15, 0.2) is 17.3 Å². The van der Waals surface area contributed by atoms with Gasteiger partial charge in [-0.3, -0.25) is 4.79 Å². The Bertz CT molecular complexity index is 1550. The predicted molar refractivity (Wildman–Crippen MR) is 142 cm³/mol. The van der Waals surface area contributed by atoms with Crippen LogP contribution in [0, 0.1) is 0 Å². The fraction of sp³-hybridized carbons (Fsp3) is 0.444. The maximum atomic E-state index is 13.6. The molecular formula is C27H30O17. The van der Waals surface area contributed by atoms with E-state index >= 15 is 0 Å². The minimum atomic E-state index is -1.95. The van der Waals surface area contributed by atoms with Gasteiger partial charge in [0.05, 0.1) is 13.2 Å². The second-order valence-corrected chi connectivity index (χ2v) is 10.2. The van der Waals surface area contributed by atoms with E-state index in [2.05, 4.69) is 0 Å². The van der Waals surface area contributed by atoms with Crippen molar-refractivity contribution < 1.29 is 79.5 Å². The number of ether oxygens (including phenoxy) is 4. The monoisotopic (exact) mass is 626 g/mol. The fourth-order valence-electron chi connectivity index (χ4n) is 4.89. The van der Waals surface area contributed by atoms with Crippen molar-refractivity contribution >= 4 is 11.0 Å². The summed E-state index contributed by atoms with van der Waals surface area (Å²) >= 11 is 0. The molecule has 2 aromatic carbocycles. The van der Waals surface area contributed by atoms with Gasteiger partial charge in [0.25, 0.3) is 0 Å². The third-order valence-corrected chi connectivity index (χ3v) is 7.31. The molecular weight excluding hydrogens is 596 g/mol. The molecule has 0 bridgehead atoms. The summed E-state index contributed by atoms with van der Waals surface area (Å²) in [6.45, 7) is -1.56. The zero-order valence-electron chi connectivity index (χ0n) is 22.4. The summed E-state index contributed by atoms with van der Waals surface area (Å²) in [7, 11) is 0. The van der Waals surface area contributed by atoms with Crippen LogP contribution in [0.1, 0.15) is 0 Å². The van der Waals surface area contributed by atoms with Gasteiger partial charge in [-0.05, 0) is 18.2 Å². The molecule has 2 aliphatic heterocycles. The number of aliphatic hydroxyl groups excluding tert-OH is 8. The molecule has 10 atom stereocenters. The largest absolute Gasteiger partial charge is 0.508 e. The van der Waals surface area contributed by atoms with Gasteiger partial charge in [0, 0.05) is 17.7 Å². The van der Waals surface area contributed by atoms with Crippen LogP contribution in [0.15, 0.2) is 39.5 Å². The number of fused-ring (bicyclic) bond motifs is 1. The fourth-order valence-corrected chi connectivity index (χ4v) is 4.89. The first-order valence-corrected chi connectivity index (χ1v) is 13.2. The summed E-state index contributed by atoms with van der Waals surface area (Å²) in [5.41, 5.74) is -1.49. The lowest BCUT2D eigenvalue weighted by Gasteiger charge is -2.39. The van der Waals surface area contributed by atoms with E-state index in [1.54, 1.807) is 0 Å². The van der Waals surface area contributed by atoms with Crippen molar-refractivity contribution in [1.29, 1.82) is 0 Å². The Kier molecular flexibility index (Phi) is 8.87. The van der Waals surface area contributed by atoms with Crippen molar-refractivity contribution in [2.75, 3.05) is 13.2 Å². The summed E-state index contributed by atoms with van der Waals surface area (Å²) in [5, 5.41) is 111. The second-order valence-electron chi connectivity index (χ2n) is 10.2. The number of hydrogen-bond donors (Lipinski definition) is 11. The molecule has 3 heterocycles. The molecule has 11 N–H and O–H groups in total. The summed E-state index contributed by atoms with van der Waals surface area (Å²) in [5.74, 6) is -3.34. The van der Waals surface area contributed by atoms with Crippen molar-refractivity contribution in [3.63, 3.8) is 0 Å². The molecule has 2 aliphatic rings. The van der Waals surface area contributed by atoms with Gasteiger partial charge >= 0.3 is 0 Å². The van der Waals surface area contributed by atoms with E-state index in [9.17, 15) is 61.0 Å². The minimum absolute atomic E-state index is 0.0937. The molecule has 44 heavy (non-hydrogen) atoms. The number of aromatic hydroxyl groups is 3. The molecule has 0 saturated carbocycles. The Labute approximate surface area is 246 Å². The molecule has 2 fully saturated rings. The molecule has 5 rings (SSSR count). The molecule has 0 spiro atoms. The number of hydrogen-bond acceptors (Lipinski definition) is 17. The Hall–Kier alpha value is -3.75. The number of benzene rings is 2. The van der Waals surface area contributed by atoms with Crippen LogP contribution in [0.4, 0.5) is 0 Å². The van der Waals surface area contributed by atoms with Gasteiger partial charge in [-0.15, -0.1) is 0 Å². The highest BCUT2D eigenvalue weighted by Gasteiger charge is 2.46. The average molecular weight is 627 g/mol. The molecule has 1 unspecified atom stereocenters. The molecule has 17 nitrogen and oxygen atoms in total. The summed E-state index contributed by atoms with van der Waals surface area (Å²) in [4.78, 5) is 13.6. The van der Waals surface area contributed by atoms with E-state index in [1.807, 2.05) is 0 Å². The second kappa shape index (κ2) is 12.3. The summed E-state index contributed by atoms with van der Waals surface area (Å²) in [6, 6.07) is 5.20. The Morgan fingerprint density at radius 1 is 0.682 bits per heavy atom. The van der Waals surface area contributed by atoms with E-state index in [-0.39, 0.29) is 11.1 Å². The van der Waals surface area contributed by atoms with Gasteiger partial charge < -0.3 is 79.5 Å². The molecule has 2 saturated heterocycles. The lowest BCUT2D eigenvalue weighted by atomic mass is 9.99. The SMILES string of the molecule is O=c1c(O[C@@H]2O[C@H](CO)[C@@H](O)[C@H](O)[C@H]2O)c(-c2ccc(O)c(OC3O[C@H](CO)[C@@H](O)[C@H](O)[C@H]3O)c2)oc2cc(O)cc(O)c12. The zero-order chi connectivity index (χ0) is 32.0. The third-order valence-electron chi connectivity index (χ3n) is 7.31. The molecule has 0 amide bonds. The highest BCUT2D eigenvalue weighted by atomic mass is 16.7. The van der Waals surface area contributed by atoms with Crippen LogP contribution in [0.2, 0.25) is 0 Å². The van der Waals surface area contributed by atoms with Crippen LogP contribution in [0.25, 0.3) is 22.3 Å².